The number of sulfone groups is 1. The standard InChI is InChI=1S/C23H19F2NO4S2/c1-14-19(20-10-17(25)5-8-21(20)26(14)11-23(27)30-2)9-15-12-31-13-22(15)32(28,29)18-6-3-16(24)4-7-18/h3-8,10,12-13H,9,11H2,1-2H3. The highest BCUT2D eigenvalue weighted by atomic mass is 32.2. The van der Waals surface area contributed by atoms with Crippen LogP contribution in [0.15, 0.2) is 63.0 Å². The van der Waals surface area contributed by atoms with E-state index in [-0.39, 0.29) is 22.8 Å². The van der Waals surface area contributed by atoms with Crippen molar-refractivity contribution in [3.8, 4) is 0 Å². The third-order valence-electron chi connectivity index (χ3n) is 5.41. The van der Waals surface area contributed by atoms with Crippen LogP contribution in [0.1, 0.15) is 16.8 Å². The third-order valence-corrected chi connectivity index (χ3v) is 8.21. The van der Waals surface area contributed by atoms with Gasteiger partial charge in [-0.3, -0.25) is 4.79 Å². The summed E-state index contributed by atoms with van der Waals surface area (Å²) in [5, 5.41) is 3.87. The molecule has 2 aromatic heterocycles. The summed E-state index contributed by atoms with van der Waals surface area (Å²) >= 11 is 1.24. The van der Waals surface area contributed by atoms with Crippen LogP contribution in [0.5, 0.6) is 0 Å². The van der Waals surface area contributed by atoms with Crippen molar-refractivity contribution in [2.45, 2.75) is 29.7 Å². The Bertz CT molecular complexity index is 1420. The minimum Gasteiger partial charge on any atom is -0.468 e. The van der Waals surface area contributed by atoms with Gasteiger partial charge in [-0.1, -0.05) is 0 Å². The van der Waals surface area contributed by atoms with Gasteiger partial charge < -0.3 is 9.30 Å². The third kappa shape index (κ3) is 3.93. The number of nitrogens with zero attached hydrogens (tertiary/aromatic N) is 1. The Kier molecular flexibility index (Phi) is 5.87. The van der Waals surface area contributed by atoms with Crippen LogP contribution in [-0.4, -0.2) is 26.1 Å². The Labute approximate surface area is 187 Å². The van der Waals surface area contributed by atoms with E-state index in [2.05, 4.69) is 0 Å². The van der Waals surface area contributed by atoms with Gasteiger partial charge in [-0.15, -0.1) is 0 Å². The predicted molar refractivity (Wildman–Crippen MR) is 118 cm³/mol. The van der Waals surface area contributed by atoms with E-state index in [1.807, 2.05) is 0 Å². The van der Waals surface area contributed by atoms with Crippen molar-refractivity contribution in [1.29, 1.82) is 0 Å². The van der Waals surface area contributed by atoms with Crippen molar-refractivity contribution >= 4 is 38.0 Å². The summed E-state index contributed by atoms with van der Waals surface area (Å²) in [6, 6.07) is 8.96. The van der Waals surface area contributed by atoms with E-state index in [4.69, 9.17) is 4.74 Å². The maximum absolute atomic E-state index is 14.1. The highest BCUT2D eigenvalue weighted by Gasteiger charge is 2.25. The highest BCUT2D eigenvalue weighted by molar-refractivity contribution is 7.91. The molecule has 2 aromatic carbocycles. The van der Waals surface area contributed by atoms with E-state index >= 15 is 0 Å². The molecule has 0 atom stereocenters. The molecule has 0 unspecified atom stereocenters. The van der Waals surface area contributed by atoms with Crippen molar-refractivity contribution in [2.75, 3.05) is 7.11 Å². The lowest BCUT2D eigenvalue weighted by Crippen LogP contribution is -2.12. The lowest BCUT2D eigenvalue weighted by atomic mass is 10.0. The van der Waals surface area contributed by atoms with Gasteiger partial charge in [0, 0.05) is 28.4 Å². The summed E-state index contributed by atoms with van der Waals surface area (Å²) in [5.74, 6) is -1.40. The minimum atomic E-state index is -3.86. The van der Waals surface area contributed by atoms with Crippen molar-refractivity contribution in [3.63, 3.8) is 0 Å². The van der Waals surface area contributed by atoms with Crippen molar-refractivity contribution < 1.29 is 26.7 Å². The predicted octanol–water partition coefficient (Wildman–Crippen LogP) is 4.89. The average Bonchev–Trinajstić information content (AvgIpc) is 3.33. The molecule has 166 valence electrons. The van der Waals surface area contributed by atoms with Crippen molar-refractivity contribution in [3.05, 3.63) is 81.7 Å². The number of hydrogen-bond acceptors (Lipinski definition) is 5. The van der Waals surface area contributed by atoms with Gasteiger partial charge in [0.1, 0.15) is 18.2 Å². The molecule has 0 aliphatic rings. The highest BCUT2D eigenvalue weighted by Crippen LogP contribution is 2.33. The van der Waals surface area contributed by atoms with Crippen LogP contribution >= 0.6 is 11.3 Å². The number of ether oxygens (including phenoxy) is 1. The molecule has 0 saturated heterocycles. The number of esters is 1. The monoisotopic (exact) mass is 475 g/mol. The molecule has 32 heavy (non-hydrogen) atoms. The van der Waals surface area contributed by atoms with Gasteiger partial charge in [0.15, 0.2) is 0 Å². The first-order valence-electron chi connectivity index (χ1n) is 9.62. The Morgan fingerprint density at radius 1 is 1.06 bits per heavy atom. The van der Waals surface area contributed by atoms with Gasteiger partial charge in [0.05, 0.1) is 16.9 Å². The molecule has 0 aliphatic heterocycles. The Hall–Kier alpha value is -3.04. The topological polar surface area (TPSA) is 65.4 Å². The number of benzene rings is 2. The zero-order chi connectivity index (χ0) is 23.0. The van der Waals surface area contributed by atoms with Gasteiger partial charge in [-0.25, -0.2) is 17.2 Å². The first kappa shape index (κ1) is 22.2. The summed E-state index contributed by atoms with van der Waals surface area (Å²) in [5.41, 5.74) is 2.64. The van der Waals surface area contributed by atoms with Gasteiger partial charge in [-0.2, -0.15) is 11.3 Å². The molecule has 0 bridgehead atoms. The maximum Gasteiger partial charge on any atom is 0.325 e. The van der Waals surface area contributed by atoms with Gasteiger partial charge >= 0.3 is 5.97 Å². The fraction of sp³-hybridized carbons (Fsp3) is 0.174. The second-order valence-electron chi connectivity index (χ2n) is 7.28. The number of aromatic nitrogens is 1. The van der Waals surface area contributed by atoms with Gasteiger partial charge in [0.25, 0.3) is 0 Å². The first-order chi connectivity index (χ1) is 15.2. The Morgan fingerprint density at radius 2 is 1.75 bits per heavy atom. The first-order valence-corrected chi connectivity index (χ1v) is 12.0. The molecule has 0 N–H and O–H groups in total. The zero-order valence-electron chi connectivity index (χ0n) is 17.3. The number of fused-ring (bicyclic) bond motifs is 1. The molecule has 4 rings (SSSR count). The molecule has 0 saturated carbocycles. The number of carbonyl (C=O) groups is 1. The number of thiophene rings is 1. The van der Waals surface area contributed by atoms with Crippen LogP contribution in [0.4, 0.5) is 8.78 Å². The van der Waals surface area contributed by atoms with Crippen molar-refractivity contribution in [2.24, 2.45) is 0 Å². The largest absolute Gasteiger partial charge is 0.468 e. The van der Waals surface area contributed by atoms with Crippen LogP contribution in [0.25, 0.3) is 10.9 Å². The molecule has 0 spiro atoms. The second kappa shape index (κ2) is 8.48. The molecule has 4 aromatic rings. The molecule has 0 radical (unpaired) electrons. The summed E-state index contributed by atoms with van der Waals surface area (Å²) in [4.78, 5) is 12.0. The van der Waals surface area contributed by atoms with Crippen LogP contribution in [0.3, 0.4) is 0 Å². The summed E-state index contributed by atoms with van der Waals surface area (Å²) in [6.07, 6.45) is 0.221. The molecule has 0 fully saturated rings. The number of methoxy groups -OCH3 is 1. The fourth-order valence-electron chi connectivity index (χ4n) is 3.75. The van der Waals surface area contributed by atoms with E-state index < -0.39 is 27.4 Å². The molecule has 0 aliphatic carbocycles. The number of rotatable bonds is 6. The molecule has 0 amide bonds. The number of hydrogen-bond donors (Lipinski definition) is 0. The number of carbonyl (C=O) groups excluding carboxylic acids is 1. The molecule has 2 heterocycles. The maximum atomic E-state index is 14.1. The molecule has 5 nitrogen and oxygen atoms in total. The van der Waals surface area contributed by atoms with Crippen LogP contribution < -0.4 is 0 Å². The molecular formula is C23H19F2NO4S2. The normalized spacial score (nSPS) is 11.8. The quantitative estimate of drug-likeness (QED) is 0.294. The smallest absolute Gasteiger partial charge is 0.325 e. The lowest BCUT2D eigenvalue weighted by Gasteiger charge is -2.09. The van der Waals surface area contributed by atoms with Gasteiger partial charge in [-0.05, 0) is 65.9 Å². The Balaban J connectivity index is 1.81. The summed E-state index contributed by atoms with van der Waals surface area (Å²) < 4.78 is 60.2. The van der Waals surface area contributed by atoms with Crippen molar-refractivity contribution in [1.82, 2.24) is 4.57 Å². The molecule has 9 heteroatoms. The number of halogens is 2. The van der Waals surface area contributed by atoms with E-state index in [0.29, 0.717) is 22.2 Å². The van der Waals surface area contributed by atoms with Crippen LogP contribution in [0.2, 0.25) is 0 Å². The summed E-state index contributed by atoms with van der Waals surface area (Å²) in [7, 11) is -2.57. The molecular weight excluding hydrogens is 456 g/mol. The Morgan fingerprint density at radius 3 is 2.44 bits per heavy atom. The van der Waals surface area contributed by atoms with E-state index in [1.54, 1.807) is 22.9 Å². The fourth-order valence-corrected chi connectivity index (χ4v) is 6.44. The average molecular weight is 476 g/mol. The van der Waals surface area contributed by atoms with E-state index in [9.17, 15) is 22.0 Å². The minimum absolute atomic E-state index is 0.00515. The zero-order valence-corrected chi connectivity index (χ0v) is 18.9. The second-order valence-corrected chi connectivity index (χ2v) is 9.94. The summed E-state index contributed by atoms with van der Waals surface area (Å²) in [6.45, 7) is 1.76. The van der Waals surface area contributed by atoms with Gasteiger partial charge in [0.2, 0.25) is 9.84 Å². The van der Waals surface area contributed by atoms with E-state index in [0.717, 1.165) is 17.7 Å². The lowest BCUT2D eigenvalue weighted by molar-refractivity contribution is -0.141. The van der Waals surface area contributed by atoms with Crippen LogP contribution in [0, 0.1) is 18.6 Å². The van der Waals surface area contributed by atoms with E-state index in [1.165, 1.54) is 48.1 Å². The SMILES string of the molecule is COC(=O)Cn1c(C)c(Cc2cscc2S(=O)(=O)c2ccc(F)cc2)c2cc(F)ccc21. The van der Waals surface area contributed by atoms with Crippen LogP contribution in [-0.2, 0) is 32.3 Å².